The van der Waals surface area contributed by atoms with Crippen molar-refractivity contribution in [3.63, 3.8) is 0 Å². The lowest BCUT2D eigenvalue weighted by Crippen LogP contribution is -2.44. The summed E-state index contributed by atoms with van der Waals surface area (Å²) in [6.45, 7) is 1.49. The van der Waals surface area contributed by atoms with Gasteiger partial charge in [-0.3, -0.25) is 9.69 Å². The number of hydrogen-bond acceptors (Lipinski definition) is 4. The fourth-order valence-corrected chi connectivity index (χ4v) is 3.04. The summed E-state index contributed by atoms with van der Waals surface area (Å²) in [7, 11) is 3.69. The monoisotopic (exact) mass is 321 g/mol. The van der Waals surface area contributed by atoms with Gasteiger partial charge >= 0.3 is 6.09 Å². The zero-order valence-corrected chi connectivity index (χ0v) is 13.3. The van der Waals surface area contributed by atoms with Crippen LogP contribution in [-0.2, 0) is 16.1 Å². The Balaban J connectivity index is 1.95. The molecule has 2 aliphatic heterocycles. The smallest absolute Gasteiger partial charge is 0.414 e. The molecule has 1 aromatic rings. The average molecular weight is 321 g/mol. The van der Waals surface area contributed by atoms with Crippen molar-refractivity contribution in [2.75, 3.05) is 38.7 Å². The van der Waals surface area contributed by atoms with Crippen molar-refractivity contribution in [2.45, 2.75) is 19.0 Å². The Kier molecular flexibility index (Phi) is 4.21. The van der Waals surface area contributed by atoms with Crippen LogP contribution in [-0.4, -0.2) is 61.6 Å². The van der Waals surface area contributed by atoms with Gasteiger partial charge in [-0.25, -0.2) is 9.18 Å². The summed E-state index contributed by atoms with van der Waals surface area (Å²) in [5.41, 5.74) is 1.25. The van der Waals surface area contributed by atoms with Crippen molar-refractivity contribution in [1.82, 2.24) is 9.80 Å². The van der Waals surface area contributed by atoms with Crippen LogP contribution in [0.15, 0.2) is 18.2 Å². The average Bonchev–Trinajstić information content (AvgIpc) is 2.82. The molecule has 124 valence electrons. The van der Waals surface area contributed by atoms with E-state index in [1.165, 1.54) is 17.0 Å². The number of anilines is 1. The lowest BCUT2D eigenvalue weighted by Gasteiger charge is -2.32. The Morgan fingerprint density at radius 2 is 2.22 bits per heavy atom. The quantitative estimate of drug-likeness (QED) is 0.827. The van der Waals surface area contributed by atoms with Crippen LogP contribution in [0.4, 0.5) is 14.9 Å². The van der Waals surface area contributed by atoms with E-state index in [0.29, 0.717) is 31.7 Å². The largest absolute Gasteiger partial charge is 0.447 e. The number of halogens is 1. The van der Waals surface area contributed by atoms with E-state index >= 15 is 0 Å². The number of ether oxygens (including phenoxy) is 1. The number of amides is 2. The number of cyclic esters (lactones) is 1. The zero-order chi connectivity index (χ0) is 16.6. The van der Waals surface area contributed by atoms with Crippen LogP contribution in [0.2, 0.25) is 0 Å². The van der Waals surface area contributed by atoms with Crippen LogP contribution >= 0.6 is 0 Å². The predicted octanol–water partition coefficient (Wildman–Crippen LogP) is 1.44. The summed E-state index contributed by atoms with van der Waals surface area (Å²) in [5.74, 6) is -0.391. The summed E-state index contributed by atoms with van der Waals surface area (Å²) in [5, 5.41) is 0. The van der Waals surface area contributed by atoms with E-state index in [1.807, 2.05) is 19.0 Å². The van der Waals surface area contributed by atoms with Crippen molar-refractivity contribution >= 4 is 17.7 Å². The Morgan fingerprint density at radius 1 is 1.43 bits per heavy atom. The van der Waals surface area contributed by atoms with Crippen LogP contribution < -0.4 is 4.90 Å². The fourth-order valence-electron chi connectivity index (χ4n) is 3.04. The van der Waals surface area contributed by atoms with Gasteiger partial charge in [-0.2, -0.15) is 0 Å². The Morgan fingerprint density at radius 3 is 2.96 bits per heavy atom. The number of benzene rings is 1. The van der Waals surface area contributed by atoms with Gasteiger partial charge < -0.3 is 14.5 Å². The molecule has 1 saturated heterocycles. The van der Waals surface area contributed by atoms with Gasteiger partial charge in [0.05, 0.1) is 18.3 Å². The highest BCUT2D eigenvalue weighted by molar-refractivity contribution is 5.91. The van der Waals surface area contributed by atoms with Gasteiger partial charge in [0, 0.05) is 13.1 Å². The first-order valence-corrected chi connectivity index (χ1v) is 7.62. The van der Waals surface area contributed by atoms with Crippen LogP contribution in [0.3, 0.4) is 0 Å². The molecule has 0 saturated carbocycles. The van der Waals surface area contributed by atoms with Crippen molar-refractivity contribution < 1.29 is 18.7 Å². The molecular weight excluding hydrogens is 301 g/mol. The Labute approximate surface area is 134 Å². The molecule has 3 rings (SSSR count). The summed E-state index contributed by atoms with van der Waals surface area (Å²) >= 11 is 0. The maximum Gasteiger partial charge on any atom is 0.414 e. The van der Waals surface area contributed by atoms with E-state index < -0.39 is 11.9 Å². The van der Waals surface area contributed by atoms with Gasteiger partial charge in [0.2, 0.25) is 5.91 Å². The standard InChI is InChI=1S/C16H20FN3O3/c1-18(2)9-15(21)19-6-5-13-10-23-16(22)20(13)14-7-12(17)4-3-11(14)8-19/h3-4,7,13H,5-6,8-10H2,1-2H3/t13-/m0/s1. The van der Waals surface area contributed by atoms with Crippen LogP contribution in [0.1, 0.15) is 12.0 Å². The molecule has 1 aromatic carbocycles. The lowest BCUT2D eigenvalue weighted by atomic mass is 10.0. The molecule has 0 aliphatic carbocycles. The lowest BCUT2D eigenvalue weighted by molar-refractivity contribution is -0.132. The number of rotatable bonds is 2. The minimum atomic E-state index is -0.449. The molecule has 6 nitrogen and oxygen atoms in total. The molecule has 2 heterocycles. The third-order valence-corrected chi connectivity index (χ3v) is 4.17. The first-order chi connectivity index (χ1) is 11.0. The molecule has 0 aromatic heterocycles. The number of carbonyl (C=O) groups is 2. The summed E-state index contributed by atoms with van der Waals surface area (Å²) in [4.78, 5) is 29.5. The SMILES string of the molecule is CN(C)CC(=O)N1CC[C@H]2COC(=O)N2c2cc(F)ccc2C1. The number of carbonyl (C=O) groups excluding carboxylic acids is 2. The van der Waals surface area contributed by atoms with Crippen LogP contribution in [0, 0.1) is 5.82 Å². The minimum Gasteiger partial charge on any atom is -0.447 e. The predicted molar refractivity (Wildman–Crippen MR) is 82.6 cm³/mol. The first kappa shape index (κ1) is 15.7. The number of nitrogens with zero attached hydrogens (tertiary/aromatic N) is 3. The van der Waals surface area contributed by atoms with E-state index in [4.69, 9.17) is 4.74 Å². The highest BCUT2D eigenvalue weighted by Gasteiger charge is 2.37. The van der Waals surface area contributed by atoms with Crippen LogP contribution in [0.5, 0.6) is 0 Å². The Bertz CT molecular complexity index is 635. The normalized spacial score (nSPS) is 20.7. The maximum atomic E-state index is 13.7. The van der Waals surface area contributed by atoms with Gasteiger partial charge in [-0.1, -0.05) is 6.07 Å². The topological polar surface area (TPSA) is 53.1 Å². The van der Waals surface area contributed by atoms with Crippen molar-refractivity contribution in [1.29, 1.82) is 0 Å². The molecule has 0 spiro atoms. The maximum absolute atomic E-state index is 13.7. The molecule has 2 aliphatic rings. The third kappa shape index (κ3) is 3.14. The van der Waals surface area contributed by atoms with Gasteiger partial charge in [-0.05, 0) is 38.2 Å². The fraction of sp³-hybridized carbons (Fsp3) is 0.500. The second-order valence-corrected chi connectivity index (χ2v) is 6.22. The van der Waals surface area contributed by atoms with Gasteiger partial charge in [0.15, 0.2) is 0 Å². The van der Waals surface area contributed by atoms with Crippen molar-refractivity contribution in [3.8, 4) is 0 Å². The molecule has 1 fully saturated rings. The third-order valence-electron chi connectivity index (χ3n) is 4.17. The molecule has 7 heteroatoms. The van der Waals surface area contributed by atoms with Crippen molar-refractivity contribution in [2.24, 2.45) is 0 Å². The van der Waals surface area contributed by atoms with Gasteiger partial charge in [0.1, 0.15) is 12.4 Å². The second-order valence-electron chi connectivity index (χ2n) is 6.22. The number of hydrogen-bond donors (Lipinski definition) is 0. The van der Waals surface area contributed by atoms with Gasteiger partial charge in [-0.15, -0.1) is 0 Å². The first-order valence-electron chi connectivity index (χ1n) is 7.62. The van der Waals surface area contributed by atoms with Gasteiger partial charge in [0.25, 0.3) is 0 Å². The summed E-state index contributed by atoms with van der Waals surface area (Å²) < 4.78 is 18.8. The molecule has 2 amide bonds. The second kappa shape index (κ2) is 6.16. The van der Waals surface area contributed by atoms with E-state index in [-0.39, 0.29) is 18.6 Å². The molecule has 1 atom stereocenters. The molecule has 0 bridgehead atoms. The molecular formula is C16H20FN3O3. The molecule has 0 N–H and O–H groups in total. The van der Waals surface area contributed by atoms with E-state index in [1.54, 1.807) is 11.0 Å². The number of likely N-dealkylation sites (N-methyl/N-ethyl adjacent to an activating group) is 1. The zero-order valence-electron chi connectivity index (χ0n) is 13.3. The van der Waals surface area contributed by atoms with E-state index in [0.717, 1.165) is 5.56 Å². The van der Waals surface area contributed by atoms with Crippen molar-refractivity contribution in [3.05, 3.63) is 29.6 Å². The Hall–Kier alpha value is -2.15. The molecule has 0 radical (unpaired) electrons. The molecule has 23 heavy (non-hydrogen) atoms. The minimum absolute atomic E-state index is 0.0176. The highest BCUT2D eigenvalue weighted by Crippen LogP contribution is 2.32. The number of fused-ring (bicyclic) bond motifs is 3. The van der Waals surface area contributed by atoms with E-state index in [2.05, 4.69) is 0 Å². The summed E-state index contributed by atoms with van der Waals surface area (Å²) in [6, 6.07) is 4.16. The molecule has 0 unspecified atom stereocenters. The van der Waals surface area contributed by atoms with Crippen LogP contribution in [0.25, 0.3) is 0 Å². The summed E-state index contributed by atoms with van der Waals surface area (Å²) in [6.07, 6.45) is 0.163. The highest BCUT2D eigenvalue weighted by atomic mass is 19.1. The van der Waals surface area contributed by atoms with E-state index in [9.17, 15) is 14.0 Å².